The first-order chi connectivity index (χ1) is 8.60. The number of nitrogens with zero attached hydrogens (tertiary/aromatic N) is 1. The number of hydrogen-bond acceptors (Lipinski definition) is 4. The fourth-order valence-corrected chi connectivity index (χ4v) is 2.65. The van der Waals surface area contributed by atoms with Crippen LogP contribution in [0.1, 0.15) is 10.6 Å². The molecule has 5 heteroatoms. The normalized spacial score (nSPS) is 10.3. The van der Waals surface area contributed by atoms with Crippen LogP contribution in [0.5, 0.6) is 5.75 Å². The van der Waals surface area contributed by atoms with Gasteiger partial charge in [-0.25, -0.2) is 4.98 Å². The van der Waals surface area contributed by atoms with Gasteiger partial charge < -0.3 is 9.84 Å². The second-order valence-electron chi connectivity index (χ2n) is 3.83. The zero-order valence-corrected chi connectivity index (χ0v) is 11.0. The third kappa shape index (κ3) is 2.68. The Bertz CT molecular complexity index is 560. The van der Waals surface area contributed by atoms with Gasteiger partial charge in [-0.2, -0.15) is 0 Å². The minimum Gasteiger partial charge on any atom is -0.497 e. The first-order valence-corrected chi connectivity index (χ1v) is 6.24. The highest BCUT2D eigenvalue weighted by molar-refractivity contribution is 7.15. The molecule has 1 aromatic heterocycles. The van der Waals surface area contributed by atoms with E-state index >= 15 is 0 Å². The topological polar surface area (TPSA) is 59.4 Å². The molecule has 0 atom stereocenters. The number of thiazole rings is 1. The van der Waals surface area contributed by atoms with Gasteiger partial charge in [0, 0.05) is 10.4 Å². The maximum Gasteiger partial charge on any atom is 0.308 e. The number of aryl methyl sites for hydroxylation is 1. The van der Waals surface area contributed by atoms with Crippen LogP contribution < -0.4 is 4.74 Å². The molecule has 0 aliphatic heterocycles. The smallest absolute Gasteiger partial charge is 0.308 e. The number of aromatic nitrogens is 1. The number of rotatable bonds is 4. The van der Waals surface area contributed by atoms with Gasteiger partial charge in [-0.15, -0.1) is 11.3 Å². The maximum absolute atomic E-state index is 10.7. The predicted molar refractivity (Wildman–Crippen MR) is 70.2 cm³/mol. The standard InChI is InChI=1S/C13H13NO3S/c1-8-11(7-12(15)16)18-13(14-8)9-3-5-10(17-2)6-4-9/h3-6H,7H2,1-2H3,(H,15,16). The molecule has 0 radical (unpaired) electrons. The van der Waals surface area contributed by atoms with Crippen molar-refractivity contribution in [2.75, 3.05) is 7.11 Å². The molecule has 2 rings (SSSR count). The van der Waals surface area contributed by atoms with Crippen molar-refractivity contribution >= 4 is 17.3 Å². The Balaban J connectivity index is 2.30. The quantitative estimate of drug-likeness (QED) is 0.921. The predicted octanol–water partition coefficient (Wildman–Crippen LogP) is 2.75. The number of carboxylic acids is 1. The highest BCUT2D eigenvalue weighted by Gasteiger charge is 2.12. The van der Waals surface area contributed by atoms with Crippen molar-refractivity contribution in [1.29, 1.82) is 0 Å². The van der Waals surface area contributed by atoms with E-state index in [4.69, 9.17) is 9.84 Å². The molecule has 0 saturated heterocycles. The van der Waals surface area contributed by atoms with Crippen molar-refractivity contribution in [2.24, 2.45) is 0 Å². The van der Waals surface area contributed by atoms with Gasteiger partial charge in [-0.1, -0.05) is 0 Å². The molecule has 94 valence electrons. The highest BCUT2D eigenvalue weighted by Crippen LogP contribution is 2.29. The van der Waals surface area contributed by atoms with Crippen LogP contribution in [-0.2, 0) is 11.2 Å². The van der Waals surface area contributed by atoms with E-state index in [1.807, 2.05) is 31.2 Å². The van der Waals surface area contributed by atoms with Crippen LogP contribution in [0, 0.1) is 6.92 Å². The highest BCUT2D eigenvalue weighted by atomic mass is 32.1. The summed E-state index contributed by atoms with van der Waals surface area (Å²) in [5.41, 5.74) is 1.76. The van der Waals surface area contributed by atoms with Crippen LogP contribution >= 0.6 is 11.3 Å². The van der Waals surface area contributed by atoms with E-state index in [0.29, 0.717) is 0 Å². The first kappa shape index (κ1) is 12.6. The molecule has 1 N–H and O–H groups in total. The summed E-state index contributed by atoms with van der Waals surface area (Å²) in [7, 11) is 1.62. The molecular formula is C13H13NO3S. The third-order valence-electron chi connectivity index (χ3n) is 2.54. The number of benzene rings is 1. The summed E-state index contributed by atoms with van der Waals surface area (Å²) >= 11 is 1.42. The average molecular weight is 263 g/mol. The van der Waals surface area contributed by atoms with E-state index in [0.717, 1.165) is 26.9 Å². The molecule has 0 bridgehead atoms. The first-order valence-electron chi connectivity index (χ1n) is 5.42. The Labute approximate surface area is 109 Å². The Morgan fingerprint density at radius 2 is 2.06 bits per heavy atom. The van der Waals surface area contributed by atoms with Crippen LogP contribution in [0.2, 0.25) is 0 Å². The molecule has 0 unspecified atom stereocenters. The summed E-state index contributed by atoms with van der Waals surface area (Å²) in [6.07, 6.45) is 0.0274. The van der Waals surface area contributed by atoms with Crippen molar-refractivity contribution in [3.63, 3.8) is 0 Å². The number of carboxylic acid groups (broad SMARTS) is 1. The number of ether oxygens (including phenoxy) is 1. The minimum atomic E-state index is -0.831. The van der Waals surface area contributed by atoms with Crippen molar-refractivity contribution in [3.8, 4) is 16.3 Å². The van der Waals surface area contributed by atoms with Crippen LogP contribution in [0.4, 0.5) is 0 Å². The van der Waals surface area contributed by atoms with E-state index in [1.54, 1.807) is 7.11 Å². The molecule has 2 aromatic rings. The van der Waals surface area contributed by atoms with Gasteiger partial charge in [0.2, 0.25) is 0 Å². The fraction of sp³-hybridized carbons (Fsp3) is 0.231. The molecule has 4 nitrogen and oxygen atoms in total. The molecule has 1 aromatic carbocycles. The van der Waals surface area contributed by atoms with Gasteiger partial charge in [0.1, 0.15) is 10.8 Å². The van der Waals surface area contributed by atoms with Crippen LogP contribution in [0.3, 0.4) is 0 Å². The van der Waals surface area contributed by atoms with Crippen molar-refractivity contribution < 1.29 is 14.6 Å². The summed E-state index contributed by atoms with van der Waals surface area (Å²) in [5, 5.41) is 9.64. The van der Waals surface area contributed by atoms with Gasteiger partial charge in [0.15, 0.2) is 0 Å². The molecule has 0 aliphatic carbocycles. The summed E-state index contributed by atoms with van der Waals surface area (Å²) in [4.78, 5) is 15.9. The third-order valence-corrected chi connectivity index (χ3v) is 3.75. The van der Waals surface area contributed by atoms with Gasteiger partial charge in [-0.05, 0) is 31.2 Å². The van der Waals surface area contributed by atoms with Gasteiger partial charge in [0.25, 0.3) is 0 Å². The van der Waals surface area contributed by atoms with E-state index in [-0.39, 0.29) is 6.42 Å². The van der Waals surface area contributed by atoms with Crippen LogP contribution in [0.25, 0.3) is 10.6 Å². The van der Waals surface area contributed by atoms with Crippen molar-refractivity contribution in [3.05, 3.63) is 34.8 Å². The largest absolute Gasteiger partial charge is 0.497 e. The molecule has 0 amide bonds. The maximum atomic E-state index is 10.7. The summed E-state index contributed by atoms with van der Waals surface area (Å²) in [5.74, 6) is -0.0409. The zero-order valence-electron chi connectivity index (χ0n) is 10.1. The molecule has 0 aliphatic rings. The SMILES string of the molecule is COc1ccc(-c2nc(C)c(CC(=O)O)s2)cc1. The number of hydrogen-bond donors (Lipinski definition) is 1. The minimum absolute atomic E-state index is 0.0274. The lowest BCUT2D eigenvalue weighted by molar-refractivity contribution is -0.136. The molecule has 18 heavy (non-hydrogen) atoms. The van der Waals surface area contributed by atoms with E-state index in [9.17, 15) is 4.79 Å². The van der Waals surface area contributed by atoms with E-state index in [2.05, 4.69) is 4.98 Å². The Morgan fingerprint density at radius 1 is 1.39 bits per heavy atom. The lowest BCUT2D eigenvalue weighted by Gasteiger charge is -1.99. The Morgan fingerprint density at radius 3 is 2.61 bits per heavy atom. The summed E-state index contributed by atoms with van der Waals surface area (Å²) in [6.45, 7) is 1.84. The van der Waals surface area contributed by atoms with Crippen LogP contribution in [0.15, 0.2) is 24.3 Å². The second kappa shape index (κ2) is 5.18. The van der Waals surface area contributed by atoms with Crippen molar-refractivity contribution in [2.45, 2.75) is 13.3 Å². The lowest BCUT2D eigenvalue weighted by Crippen LogP contribution is -1.99. The Kier molecular flexibility index (Phi) is 3.62. The number of carbonyl (C=O) groups is 1. The lowest BCUT2D eigenvalue weighted by atomic mass is 10.2. The Hall–Kier alpha value is -1.88. The van der Waals surface area contributed by atoms with E-state index < -0.39 is 5.97 Å². The van der Waals surface area contributed by atoms with Gasteiger partial charge in [0.05, 0.1) is 19.2 Å². The second-order valence-corrected chi connectivity index (χ2v) is 4.91. The average Bonchev–Trinajstić information content (AvgIpc) is 2.70. The van der Waals surface area contributed by atoms with Gasteiger partial charge >= 0.3 is 5.97 Å². The monoisotopic (exact) mass is 263 g/mol. The fourth-order valence-electron chi connectivity index (χ4n) is 1.59. The van der Waals surface area contributed by atoms with Gasteiger partial charge in [-0.3, -0.25) is 4.79 Å². The van der Waals surface area contributed by atoms with E-state index in [1.165, 1.54) is 11.3 Å². The summed E-state index contributed by atoms with van der Waals surface area (Å²) < 4.78 is 5.09. The molecule has 0 spiro atoms. The number of methoxy groups -OCH3 is 1. The summed E-state index contributed by atoms with van der Waals surface area (Å²) in [6, 6.07) is 7.56. The number of aliphatic carboxylic acids is 1. The molecule has 1 heterocycles. The molecular weight excluding hydrogens is 250 g/mol. The zero-order chi connectivity index (χ0) is 13.1. The molecule has 0 saturated carbocycles. The molecule has 0 fully saturated rings. The van der Waals surface area contributed by atoms with Crippen LogP contribution in [-0.4, -0.2) is 23.2 Å². The van der Waals surface area contributed by atoms with Crippen molar-refractivity contribution in [1.82, 2.24) is 4.98 Å².